The average molecular weight is 383 g/mol. The number of aromatic nitrogens is 1. The summed E-state index contributed by atoms with van der Waals surface area (Å²) < 4.78 is 75.9. The molecule has 0 radical (unpaired) electrons. The molecular weight excluding hydrogens is 372 g/mol. The van der Waals surface area contributed by atoms with Gasteiger partial charge in [0.15, 0.2) is 5.43 Å². The molecule has 2 nitrogen and oxygen atoms in total. The molecule has 1 aromatic heterocycles. The molecule has 0 bridgehead atoms. The van der Waals surface area contributed by atoms with Crippen molar-refractivity contribution in [1.82, 2.24) is 4.98 Å². The topological polar surface area (TPSA) is 32.9 Å². The summed E-state index contributed by atoms with van der Waals surface area (Å²) in [4.78, 5) is 15.4. The number of halogens is 6. The highest BCUT2D eigenvalue weighted by atomic mass is 19.4. The van der Waals surface area contributed by atoms with Gasteiger partial charge in [0, 0.05) is 23.5 Å². The second-order valence-electron chi connectivity index (χ2n) is 5.76. The summed E-state index contributed by atoms with van der Waals surface area (Å²) in [5.74, 6) is 0. The lowest BCUT2D eigenvalue weighted by Gasteiger charge is -2.09. The largest absolute Gasteiger partial charge is 0.416 e. The Morgan fingerprint density at radius 1 is 0.593 bits per heavy atom. The van der Waals surface area contributed by atoms with Gasteiger partial charge in [-0.05, 0) is 35.4 Å². The number of pyridine rings is 1. The van der Waals surface area contributed by atoms with E-state index in [2.05, 4.69) is 4.98 Å². The van der Waals surface area contributed by atoms with Gasteiger partial charge in [-0.3, -0.25) is 4.79 Å². The van der Waals surface area contributed by atoms with Crippen molar-refractivity contribution < 1.29 is 26.3 Å². The zero-order chi connectivity index (χ0) is 19.8. The summed E-state index contributed by atoms with van der Waals surface area (Å²) in [5, 5.41) is 0. The van der Waals surface area contributed by atoms with Gasteiger partial charge < -0.3 is 4.98 Å². The first kappa shape index (κ1) is 18.8. The molecule has 1 N–H and O–H groups in total. The second kappa shape index (κ2) is 6.61. The van der Waals surface area contributed by atoms with Crippen LogP contribution >= 0.6 is 0 Å². The van der Waals surface area contributed by atoms with Crippen LogP contribution in [0.2, 0.25) is 0 Å². The molecule has 0 saturated heterocycles. The Morgan fingerprint density at radius 2 is 0.926 bits per heavy atom. The molecule has 0 aliphatic heterocycles. The predicted molar refractivity (Wildman–Crippen MR) is 87.9 cm³/mol. The van der Waals surface area contributed by atoms with Gasteiger partial charge in [0.25, 0.3) is 0 Å². The summed E-state index contributed by atoms with van der Waals surface area (Å²) in [6.07, 6.45) is -6.32. The summed E-state index contributed by atoms with van der Waals surface area (Å²) >= 11 is 0. The van der Waals surface area contributed by atoms with Gasteiger partial charge in [-0.15, -0.1) is 0 Å². The fraction of sp³-hybridized carbons (Fsp3) is 0.105. The number of hydrogen-bond donors (Lipinski definition) is 1. The van der Waals surface area contributed by atoms with Crippen LogP contribution in [0.4, 0.5) is 26.3 Å². The smallest absolute Gasteiger partial charge is 0.366 e. The van der Waals surface area contributed by atoms with Crippen LogP contribution in [0.1, 0.15) is 11.1 Å². The molecule has 3 rings (SSSR count). The van der Waals surface area contributed by atoms with Crippen LogP contribution in [0.15, 0.2) is 65.7 Å². The minimum absolute atomic E-state index is 0.112. The summed E-state index contributed by atoms with van der Waals surface area (Å²) in [6, 6.07) is 8.12. The molecule has 0 atom stereocenters. The van der Waals surface area contributed by atoms with Gasteiger partial charge in [-0.25, -0.2) is 0 Å². The predicted octanol–water partition coefficient (Wildman–Crippen LogP) is 5.75. The molecule has 2 aromatic carbocycles. The van der Waals surface area contributed by atoms with Crippen molar-refractivity contribution in [3.63, 3.8) is 0 Å². The van der Waals surface area contributed by atoms with Crippen LogP contribution in [-0.4, -0.2) is 4.98 Å². The maximum atomic E-state index is 12.7. The average Bonchev–Trinajstić information content (AvgIpc) is 2.61. The van der Waals surface area contributed by atoms with Crippen LogP contribution in [0, 0.1) is 0 Å². The van der Waals surface area contributed by atoms with E-state index in [0.717, 1.165) is 24.3 Å². The Kier molecular flexibility index (Phi) is 4.59. The lowest BCUT2D eigenvalue weighted by molar-refractivity contribution is -0.138. The molecule has 0 aliphatic carbocycles. The van der Waals surface area contributed by atoms with Gasteiger partial charge in [-0.2, -0.15) is 26.3 Å². The van der Waals surface area contributed by atoms with E-state index in [1.165, 1.54) is 36.7 Å². The quantitative estimate of drug-likeness (QED) is 0.562. The number of aromatic amines is 1. The molecule has 0 saturated carbocycles. The maximum absolute atomic E-state index is 12.7. The van der Waals surface area contributed by atoms with Crippen molar-refractivity contribution in [2.24, 2.45) is 0 Å². The zero-order valence-electron chi connectivity index (χ0n) is 13.4. The SMILES string of the molecule is O=c1c(-c2ccc(C(F)(F)F)cc2)c[nH]cc1-c1ccc(C(F)(F)F)cc1. The lowest BCUT2D eigenvalue weighted by Crippen LogP contribution is -2.10. The molecular formula is C19H11F6NO. The van der Waals surface area contributed by atoms with Crippen LogP contribution in [0.3, 0.4) is 0 Å². The van der Waals surface area contributed by atoms with E-state index in [9.17, 15) is 31.1 Å². The van der Waals surface area contributed by atoms with Crippen molar-refractivity contribution in [3.8, 4) is 22.3 Å². The highest BCUT2D eigenvalue weighted by Gasteiger charge is 2.31. The number of H-pyrrole nitrogens is 1. The van der Waals surface area contributed by atoms with Crippen LogP contribution in [0.5, 0.6) is 0 Å². The highest BCUT2D eigenvalue weighted by Crippen LogP contribution is 2.32. The fourth-order valence-corrected chi connectivity index (χ4v) is 2.59. The molecule has 140 valence electrons. The third kappa shape index (κ3) is 3.89. The number of hydrogen-bond acceptors (Lipinski definition) is 1. The van der Waals surface area contributed by atoms with Crippen molar-refractivity contribution in [2.75, 3.05) is 0 Å². The van der Waals surface area contributed by atoms with E-state index in [1.54, 1.807) is 0 Å². The minimum Gasteiger partial charge on any atom is -0.366 e. The van der Waals surface area contributed by atoms with Gasteiger partial charge >= 0.3 is 12.4 Å². The van der Waals surface area contributed by atoms with Crippen molar-refractivity contribution in [2.45, 2.75) is 12.4 Å². The van der Waals surface area contributed by atoms with Crippen molar-refractivity contribution >= 4 is 0 Å². The number of benzene rings is 2. The first-order valence-corrected chi connectivity index (χ1v) is 7.64. The van der Waals surface area contributed by atoms with E-state index in [0.29, 0.717) is 0 Å². The fourth-order valence-electron chi connectivity index (χ4n) is 2.59. The highest BCUT2D eigenvalue weighted by molar-refractivity contribution is 5.71. The Bertz CT molecular complexity index is 920. The van der Waals surface area contributed by atoms with Crippen molar-refractivity contribution in [3.05, 3.63) is 82.3 Å². The van der Waals surface area contributed by atoms with Gasteiger partial charge in [0.2, 0.25) is 0 Å². The summed E-state index contributed by atoms with van der Waals surface area (Å²) in [6.45, 7) is 0. The van der Waals surface area contributed by atoms with Gasteiger partial charge in [0.05, 0.1) is 11.1 Å². The Balaban J connectivity index is 2.01. The molecule has 0 aliphatic rings. The van der Waals surface area contributed by atoms with E-state index in [-0.39, 0.29) is 22.3 Å². The van der Waals surface area contributed by atoms with Crippen LogP contribution in [-0.2, 0) is 12.4 Å². The third-order valence-corrected chi connectivity index (χ3v) is 3.99. The Hall–Kier alpha value is -3.03. The second-order valence-corrected chi connectivity index (χ2v) is 5.76. The molecule has 0 fully saturated rings. The first-order chi connectivity index (χ1) is 12.6. The molecule has 0 unspecified atom stereocenters. The van der Waals surface area contributed by atoms with E-state index < -0.39 is 28.9 Å². The number of rotatable bonds is 2. The molecule has 8 heteroatoms. The van der Waals surface area contributed by atoms with Gasteiger partial charge in [0.1, 0.15) is 0 Å². The van der Waals surface area contributed by atoms with E-state index >= 15 is 0 Å². The van der Waals surface area contributed by atoms with Crippen LogP contribution < -0.4 is 5.43 Å². The third-order valence-electron chi connectivity index (χ3n) is 3.99. The number of nitrogens with one attached hydrogen (secondary N) is 1. The summed E-state index contributed by atoms with van der Waals surface area (Å²) in [5.41, 5.74) is -1.45. The van der Waals surface area contributed by atoms with Crippen molar-refractivity contribution in [1.29, 1.82) is 0 Å². The first-order valence-electron chi connectivity index (χ1n) is 7.64. The minimum atomic E-state index is -4.49. The van der Waals surface area contributed by atoms with E-state index in [4.69, 9.17) is 0 Å². The molecule has 0 amide bonds. The lowest BCUT2D eigenvalue weighted by atomic mass is 9.99. The molecule has 1 heterocycles. The normalized spacial score (nSPS) is 12.2. The zero-order valence-corrected chi connectivity index (χ0v) is 13.4. The molecule has 27 heavy (non-hydrogen) atoms. The Labute approximate surface area is 149 Å². The van der Waals surface area contributed by atoms with Crippen LogP contribution in [0.25, 0.3) is 22.3 Å². The van der Waals surface area contributed by atoms with E-state index in [1.807, 2.05) is 0 Å². The maximum Gasteiger partial charge on any atom is 0.416 e. The monoisotopic (exact) mass is 383 g/mol. The molecule has 0 spiro atoms. The summed E-state index contributed by atoms with van der Waals surface area (Å²) in [7, 11) is 0. The standard InChI is InChI=1S/C19H11F6NO/c20-18(21,22)13-5-1-11(2-6-13)15-9-26-10-16(17(15)27)12-3-7-14(8-4-12)19(23,24)25/h1-10H,(H,26,27). The molecule has 3 aromatic rings. The van der Waals surface area contributed by atoms with Gasteiger partial charge in [-0.1, -0.05) is 24.3 Å². The Morgan fingerprint density at radius 3 is 1.22 bits per heavy atom. The number of alkyl halides is 6.